The summed E-state index contributed by atoms with van der Waals surface area (Å²) in [6.45, 7) is 3.79. The van der Waals surface area contributed by atoms with Gasteiger partial charge in [-0.2, -0.15) is 10.5 Å². The van der Waals surface area contributed by atoms with E-state index in [0.717, 1.165) is 0 Å². The van der Waals surface area contributed by atoms with Gasteiger partial charge in [-0.15, -0.1) is 0 Å². The normalized spacial score (nSPS) is 10.1. The van der Waals surface area contributed by atoms with E-state index in [4.69, 9.17) is 17.0 Å². The Bertz CT molecular complexity index is 1060. The molecule has 0 unspecified atom stereocenters. The van der Waals surface area contributed by atoms with Crippen molar-refractivity contribution in [3.05, 3.63) is 45.7 Å². The van der Waals surface area contributed by atoms with Crippen LogP contribution in [0.5, 0.6) is 5.75 Å². The van der Waals surface area contributed by atoms with Gasteiger partial charge in [-0.05, 0) is 30.5 Å². The highest BCUT2D eigenvalue weighted by molar-refractivity contribution is 7.71. The van der Waals surface area contributed by atoms with Gasteiger partial charge in [0.05, 0.1) is 11.1 Å². The van der Waals surface area contributed by atoms with Crippen LogP contribution in [-0.2, 0) is 16.0 Å². The molecule has 1 aromatic carbocycles. The summed E-state index contributed by atoms with van der Waals surface area (Å²) in [5.41, 5.74) is 1.75. The summed E-state index contributed by atoms with van der Waals surface area (Å²) >= 11 is 5.29. The molecule has 0 saturated carbocycles. The molecule has 0 aliphatic heterocycles. The van der Waals surface area contributed by atoms with E-state index in [9.17, 15) is 20.1 Å². The summed E-state index contributed by atoms with van der Waals surface area (Å²) in [5, 5.41) is 19.3. The highest BCUT2D eigenvalue weighted by Gasteiger charge is 2.19. The second-order valence-corrected chi connectivity index (χ2v) is 6.90. The molecule has 7 heteroatoms. The van der Waals surface area contributed by atoms with E-state index in [0.29, 0.717) is 48.3 Å². The van der Waals surface area contributed by atoms with Gasteiger partial charge in [0.25, 0.3) is 0 Å². The lowest BCUT2D eigenvalue weighted by Gasteiger charge is -2.13. The third-order valence-corrected chi connectivity index (χ3v) is 4.55. The van der Waals surface area contributed by atoms with Crippen LogP contribution in [0, 0.1) is 27.3 Å². The fourth-order valence-electron chi connectivity index (χ4n) is 2.94. The lowest BCUT2D eigenvalue weighted by molar-refractivity contribution is -0.134. The number of ketones is 1. The van der Waals surface area contributed by atoms with Gasteiger partial charge in [-0.1, -0.05) is 38.2 Å². The number of aromatic nitrogens is 1. The molecule has 0 aliphatic rings. The van der Waals surface area contributed by atoms with E-state index in [1.807, 2.05) is 19.9 Å². The van der Waals surface area contributed by atoms with Gasteiger partial charge in [-0.25, -0.2) is 0 Å². The first-order chi connectivity index (χ1) is 13.9. The Kier molecular flexibility index (Phi) is 7.82. The van der Waals surface area contributed by atoms with Gasteiger partial charge < -0.3 is 9.72 Å². The number of carbonyl (C=O) groups excluding carboxylic acids is 2. The van der Waals surface area contributed by atoms with Crippen molar-refractivity contribution in [3.63, 3.8) is 0 Å². The Hall–Kier alpha value is -3.29. The summed E-state index contributed by atoms with van der Waals surface area (Å²) in [6, 6.07) is 10.7. The molecule has 1 aromatic heterocycles. The number of benzene rings is 1. The highest BCUT2D eigenvalue weighted by atomic mass is 32.1. The van der Waals surface area contributed by atoms with Crippen molar-refractivity contribution in [2.75, 3.05) is 0 Å². The van der Waals surface area contributed by atoms with Crippen molar-refractivity contribution in [1.82, 2.24) is 4.98 Å². The SMILES string of the molecule is CCCC(=O)Cc1[nH]c(=S)c(C#N)c(-c2ccc(OC(=O)CCC)cc2)c1C#N. The van der Waals surface area contributed by atoms with Gasteiger partial charge in [0.15, 0.2) is 0 Å². The van der Waals surface area contributed by atoms with Gasteiger partial charge >= 0.3 is 5.97 Å². The Morgan fingerprint density at radius 1 is 1.03 bits per heavy atom. The second-order valence-electron chi connectivity index (χ2n) is 6.50. The topological polar surface area (TPSA) is 107 Å². The van der Waals surface area contributed by atoms with Crippen molar-refractivity contribution in [2.24, 2.45) is 0 Å². The monoisotopic (exact) mass is 407 g/mol. The number of hydrogen-bond donors (Lipinski definition) is 1. The number of nitriles is 2. The summed E-state index contributed by atoms with van der Waals surface area (Å²) in [6.07, 6.45) is 2.17. The van der Waals surface area contributed by atoms with Crippen LogP contribution >= 0.6 is 12.2 Å². The molecule has 0 bridgehead atoms. The van der Waals surface area contributed by atoms with Crippen LogP contribution < -0.4 is 4.74 Å². The number of pyridine rings is 1. The molecule has 6 nitrogen and oxygen atoms in total. The second kappa shape index (κ2) is 10.3. The minimum atomic E-state index is -0.324. The summed E-state index contributed by atoms with van der Waals surface area (Å²) < 4.78 is 5.43. The van der Waals surface area contributed by atoms with Gasteiger partial charge in [0, 0.05) is 30.5 Å². The number of H-pyrrole nitrogens is 1. The molecule has 0 spiro atoms. The van der Waals surface area contributed by atoms with E-state index in [2.05, 4.69) is 11.1 Å². The number of rotatable bonds is 8. The number of nitrogens with zero attached hydrogens (tertiary/aromatic N) is 2. The average Bonchev–Trinajstić information content (AvgIpc) is 2.68. The Morgan fingerprint density at radius 2 is 1.66 bits per heavy atom. The molecule has 1 heterocycles. The molecule has 0 radical (unpaired) electrons. The fraction of sp³-hybridized carbons (Fsp3) is 0.318. The molecular weight excluding hydrogens is 386 g/mol. The standard InChI is InChI=1S/C22H21N3O3S/c1-3-5-15(26)11-19-17(12-23)21(18(13-24)22(29)25-19)14-7-9-16(10-8-14)28-20(27)6-4-2/h7-10H,3-6,11H2,1-2H3,(H,25,29). The lowest BCUT2D eigenvalue weighted by atomic mass is 9.93. The van der Waals surface area contributed by atoms with E-state index in [1.54, 1.807) is 24.3 Å². The predicted octanol–water partition coefficient (Wildman–Crippen LogP) is 4.77. The number of carbonyl (C=O) groups is 2. The number of aromatic amines is 1. The number of nitrogens with one attached hydrogen (secondary N) is 1. The number of ether oxygens (including phenoxy) is 1. The molecule has 2 rings (SSSR count). The van der Waals surface area contributed by atoms with Gasteiger partial charge in [-0.3, -0.25) is 9.59 Å². The Morgan fingerprint density at radius 3 is 2.21 bits per heavy atom. The molecule has 148 valence electrons. The van der Waals surface area contributed by atoms with Crippen molar-refractivity contribution in [1.29, 1.82) is 10.5 Å². The first-order valence-electron chi connectivity index (χ1n) is 9.37. The molecule has 0 aliphatic carbocycles. The largest absolute Gasteiger partial charge is 0.427 e. The molecule has 0 amide bonds. The maximum atomic E-state index is 12.1. The van der Waals surface area contributed by atoms with Crippen LogP contribution in [0.15, 0.2) is 24.3 Å². The minimum Gasteiger partial charge on any atom is -0.427 e. The van der Waals surface area contributed by atoms with Gasteiger partial charge in [0.2, 0.25) is 0 Å². The van der Waals surface area contributed by atoms with E-state index >= 15 is 0 Å². The summed E-state index contributed by atoms with van der Waals surface area (Å²) in [7, 11) is 0. The van der Waals surface area contributed by atoms with Crippen LogP contribution in [-0.4, -0.2) is 16.7 Å². The number of Topliss-reactive ketones (excluding diaryl/α,β-unsaturated/α-hetero) is 1. The quantitative estimate of drug-likeness (QED) is 0.384. The van der Waals surface area contributed by atoms with E-state index < -0.39 is 0 Å². The van der Waals surface area contributed by atoms with E-state index in [1.165, 1.54) is 0 Å². The predicted molar refractivity (Wildman–Crippen MR) is 111 cm³/mol. The maximum Gasteiger partial charge on any atom is 0.311 e. The molecule has 1 N–H and O–H groups in total. The smallest absolute Gasteiger partial charge is 0.311 e. The molecule has 0 fully saturated rings. The summed E-state index contributed by atoms with van der Waals surface area (Å²) in [5.74, 6) is 0.0432. The zero-order valence-electron chi connectivity index (χ0n) is 16.4. The summed E-state index contributed by atoms with van der Waals surface area (Å²) in [4.78, 5) is 26.7. The van der Waals surface area contributed by atoms with Crippen LogP contribution in [0.2, 0.25) is 0 Å². The number of hydrogen-bond acceptors (Lipinski definition) is 6. The molecule has 0 atom stereocenters. The van der Waals surface area contributed by atoms with Crippen LogP contribution in [0.3, 0.4) is 0 Å². The van der Waals surface area contributed by atoms with Crippen LogP contribution in [0.1, 0.15) is 56.4 Å². The highest BCUT2D eigenvalue weighted by Crippen LogP contribution is 2.31. The van der Waals surface area contributed by atoms with Crippen molar-refractivity contribution < 1.29 is 14.3 Å². The fourth-order valence-corrected chi connectivity index (χ4v) is 3.21. The van der Waals surface area contributed by atoms with Crippen molar-refractivity contribution in [3.8, 4) is 29.0 Å². The van der Waals surface area contributed by atoms with Crippen molar-refractivity contribution >= 4 is 24.0 Å². The average molecular weight is 407 g/mol. The number of esters is 1. The van der Waals surface area contributed by atoms with Gasteiger partial charge in [0.1, 0.15) is 28.3 Å². The Labute approximate surface area is 174 Å². The molecule has 0 saturated heterocycles. The molecule has 2 aromatic rings. The maximum absolute atomic E-state index is 12.1. The minimum absolute atomic E-state index is 0.0107. The lowest BCUT2D eigenvalue weighted by Crippen LogP contribution is -2.09. The Balaban J connectivity index is 2.53. The third-order valence-electron chi connectivity index (χ3n) is 4.25. The third kappa shape index (κ3) is 5.37. The van der Waals surface area contributed by atoms with Crippen molar-refractivity contribution in [2.45, 2.75) is 46.0 Å². The molecular formula is C22H21N3O3S. The molecule has 29 heavy (non-hydrogen) atoms. The first-order valence-corrected chi connectivity index (χ1v) is 9.78. The van der Waals surface area contributed by atoms with Crippen LogP contribution in [0.4, 0.5) is 0 Å². The van der Waals surface area contributed by atoms with Crippen LogP contribution in [0.25, 0.3) is 11.1 Å². The first kappa shape index (κ1) is 22.0. The zero-order chi connectivity index (χ0) is 21.4. The van der Waals surface area contributed by atoms with E-state index in [-0.39, 0.29) is 33.9 Å². The zero-order valence-corrected chi connectivity index (χ0v) is 17.2.